The molecule has 0 aromatic carbocycles. The molecule has 1 rings (SSSR count). The largest absolute Gasteiger partial charge is 0.389 e. The van der Waals surface area contributed by atoms with Crippen molar-refractivity contribution in [1.29, 1.82) is 0 Å². The Labute approximate surface area is 88.4 Å². The number of nitrogens with one attached hydrogen (secondary N) is 1. The van der Waals surface area contributed by atoms with Crippen LogP contribution in [0.5, 0.6) is 0 Å². The first-order chi connectivity index (χ1) is 6.58. The standard InChI is InChI=1S/C12H24N2/c1-10(2)8-14-6-5-12(9-14)7-13-11(3)4/h10,12-13H,3,5-9H2,1-2,4H3/t12-/m0/s1. The molecule has 0 unspecified atom stereocenters. The highest BCUT2D eigenvalue weighted by atomic mass is 15.1. The summed E-state index contributed by atoms with van der Waals surface area (Å²) in [5, 5.41) is 3.34. The molecule has 1 fully saturated rings. The normalized spacial score (nSPS) is 23.0. The molecule has 1 heterocycles. The SMILES string of the molecule is C=C(C)NC[C@@H]1CCN(CC(C)C)C1. The first-order valence-corrected chi connectivity index (χ1v) is 5.69. The quantitative estimate of drug-likeness (QED) is 0.724. The minimum absolute atomic E-state index is 0.794. The Hall–Kier alpha value is -0.500. The van der Waals surface area contributed by atoms with E-state index in [0.717, 1.165) is 24.1 Å². The predicted octanol–water partition coefficient (Wildman–Crippen LogP) is 2.09. The third-order valence-electron chi connectivity index (χ3n) is 2.69. The summed E-state index contributed by atoms with van der Waals surface area (Å²) in [4.78, 5) is 2.58. The van der Waals surface area contributed by atoms with Gasteiger partial charge in [0.1, 0.15) is 0 Å². The monoisotopic (exact) mass is 196 g/mol. The molecule has 0 aromatic heterocycles. The summed E-state index contributed by atoms with van der Waals surface area (Å²) in [7, 11) is 0. The third kappa shape index (κ3) is 4.14. The fourth-order valence-corrected chi connectivity index (χ4v) is 2.08. The van der Waals surface area contributed by atoms with Crippen molar-refractivity contribution in [1.82, 2.24) is 10.2 Å². The number of allylic oxidation sites excluding steroid dienone is 1. The fourth-order valence-electron chi connectivity index (χ4n) is 2.08. The van der Waals surface area contributed by atoms with Crippen molar-refractivity contribution in [3.63, 3.8) is 0 Å². The number of hydrogen-bond donors (Lipinski definition) is 1. The Kier molecular flexibility index (Phi) is 4.46. The molecule has 2 heteroatoms. The molecule has 0 bridgehead atoms. The van der Waals surface area contributed by atoms with Gasteiger partial charge in [0.2, 0.25) is 0 Å². The topological polar surface area (TPSA) is 15.3 Å². The molecule has 0 amide bonds. The summed E-state index contributed by atoms with van der Waals surface area (Å²) in [5.41, 5.74) is 1.09. The second-order valence-corrected chi connectivity index (χ2v) is 4.97. The molecule has 1 atom stereocenters. The van der Waals surface area contributed by atoms with E-state index in [1.165, 1.54) is 26.1 Å². The fraction of sp³-hybridized carbons (Fsp3) is 0.833. The van der Waals surface area contributed by atoms with Crippen LogP contribution < -0.4 is 5.32 Å². The average molecular weight is 196 g/mol. The molecule has 0 spiro atoms. The van der Waals surface area contributed by atoms with Crippen LogP contribution in [0.15, 0.2) is 12.3 Å². The predicted molar refractivity (Wildman–Crippen MR) is 62.2 cm³/mol. The molecule has 2 nitrogen and oxygen atoms in total. The molecule has 1 saturated heterocycles. The van der Waals surface area contributed by atoms with Crippen molar-refractivity contribution in [2.24, 2.45) is 11.8 Å². The van der Waals surface area contributed by atoms with Crippen LogP contribution in [0.3, 0.4) is 0 Å². The van der Waals surface area contributed by atoms with Crippen molar-refractivity contribution >= 4 is 0 Å². The lowest BCUT2D eigenvalue weighted by atomic mass is 10.1. The summed E-state index contributed by atoms with van der Waals surface area (Å²) in [6.07, 6.45) is 1.34. The van der Waals surface area contributed by atoms with Gasteiger partial charge in [-0.3, -0.25) is 0 Å². The van der Waals surface area contributed by atoms with Crippen LogP contribution in [0.4, 0.5) is 0 Å². The van der Waals surface area contributed by atoms with Crippen molar-refractivity contribution < 1.29 is 0 Å². The summed E-state index contributed by atoms with van der Waals surface area (Å²) in [6, 6.07) is 0. The summed E-state index contributed by atoms with van der Waals surface area (Å²) >= 11 is 0. The van der Waals surface area contributed by atoms with Crippen LogP contribution in [-0.2, 0) is 0 Å². The van der Waals surface area contributed by atoms with Crippen LogP contribution in [0.25, 0.3) is 0 Å². The highest BCUT2D eigenvalue weighted by Gasteiger charge is 2.22. The van der Waals surface area contributed by atoms with Gasteiger partial charge in [0.25, 0.3) is 0 Å². The van der Waals surface area contributed by atoms with E-state index in [0.29, 0.717) is 0 Å². The first-order valence-electron chi connectivity index (χ1n) is 5.69. The lowest BCUT2D eigenvalue weighted by Crippen LogP contribution is -2.28. The first kappa shape index (κ1) is 11.6. The highest BCUT2D eigenvalue weighted by molar-refractivity contribution is 4.87. The Balaban J connectivity index is 2.17. The zero-order valence-electron chi connectivity index (χ0n) is 9.84. The zero-order valence-corrected chi connectivity index (χ0v) is 9.84. The van der Waals surface area contributed by atoms with Crippen molar-refractivity contribution in [3.05, 3.63) is 12.3 Å². The minimum atomic E-state index is 0.794. The van der Waals surface area contributed by atoms with Crippen LogP contribution in [0.1, 0.15) is 27.2 Å². The Bertz CT molecular complexity index is 187. The van der Waals surface area contributed by atoms with Gasteiger partial charge in [-0.05, 0) is 31.7 Å². The van der Waals surface area contributed by atoms with Gasteiger partial charge in [-0.25, -0.2) is 0 Å². The smallest absolute Gasteiger partial charge is 0.0184 e. The minimum Gasteiger partial charge on any atom is -0.389 e. The van der Waals surface area contributed by atoms with Gasteiger partial charge in [-0.2, -0.15) is 0 Å². The molecule has 0 aromatic rings. The molecule has 14 heavy (non-hydrogen) atoms. The molecule has 0 radical (unpaired) electrons. The second kappa shape index (κ2) is 5.40. The molecule has 82 valence electrons. The lowest BCUT2D eigenvalue weighted by Gasteiger charge is -2.18. The van der Waals surface area contributed by atoms with Gasteiger partial charge in [0, 0.05) is 25.3 Å². The average Bonchev–Trinajstić information content (AvgIpc) is 2.47. The maximum absolute atomic E-state index is 3.86. The van der Waals surface area contributed by atoms with Crippen LogP contribution in [0, 0.1) is 11.8 Å². The van der Waals surface area contributed by atoms with E-state index in [-0.39, 0.29) is 0 Å². The molecule has 1 aliphatic heterocycles. The number of rotatable bonds is 5. The number of nitrogens with zero attached hydrogens (tertiary/aromatic N) is 1. The highest BCUT2D eigenvalue weighted by Crippen LogP contribution is 2.16. The van der Waals surface area contributed by atoms with Gasteiger partial charge < -0.3 is 10.2 Å². The van der Waals surface area contributed by atoms with Gasteiger partial charge in [0.15, 0.2) is 0 Å². The lowest BCUT2D eigenvalue weighted by molar-refractivity contribution is 0.286. The molecule has 1 N–H and O–H groups in total. The van der Waals surface area contributed by atoms with E-state index in [4.69, 9.17) is 0 Å². The Morgan fingerprint density at radius 3 is 2.86 bits per heavy atom. The zero-order chi connectivity index (χ0) is 10.6. The maximum Gasteiger partial charge on any atom is 0.0184 e. The Morgan fingerprint density at radius 2 is 2.29 bits per heavy atom. The molecular weight excluding hydrogens is 172 g/mol. The van der Waals surface area contributed by atoms with E-state index in [1.807, 2.05) is 6.92 Å². The molecule has 0 saturated carbocycles. The summed E-state index contributed by atoms with van der Waals surface area (Å²) in [5.74, 6) is 1.62. The van der Waals surface area contributed by atoms with Gasteiger partial charge in [-0.15, -0.1) is 0 Å². The number of hydrogen-bond acceptors (Lipinski definition) is 2. The van der Waals surface area contributed by atoms with E-state index < -0.39 is 0 Å². The van der Waals surface area contributed by atoms with E-state index in [9.17, 15) is 0 Å². The van der Waals surface area contributed by atoms with Crippen LogP contribution >= 0.6 is 0 Å². The van der Waals surface area contributed by atoms with Crippen molar-refractivity contribution in [2.75, 3.05) is 26.2 Å². The van der Waals surface area contributed by atoms with Gasteiger partial charge >= 0.3 is 0 Å². The number of likely N-dealkylation sites (tertiary alicyclic amines) is 1. The second-order valence-electron chi connectivity index (χ2n) is 4.97. The van der Waals surface area contributed by atoms with E-state index in [2.05, 4.69) is 30.6 Å². The molecule has 0 aliphatic carbocycles. The summed E-state index contributed by atoms with van der Waals surface area (Å²) < 4.78 is 0. The van der Waals surface area contributed by atoms with Crippen LogP contribution in [0.2, 0.25) is 0 Å². The summed E-state index contributed by atoms with van der Waals surface area (Å²) in [6.45, 7) is 15.4. The van der Waals surface area contributed by atoms with Crippen molar-refractivity contribution in [2.45, 2.75) is 27.2 Å². The molecular formula is C12H24N2. The van der Waals surface area contributed by atoms with Gasteiger partial charge in [-0.1, -0.05) is 20.4 Å². The maximum atomic E-state index is 3.86. The van der Waals surface area contributed by atoms with E-state index in [1.54, 1.807) is 0 Å². The van der Waals surface area contributed by atoms with Gasteiger partial charge in [0.05, 0.1) is 0 Å². The van der Waals surface area contributed by atoms with E-state index >= 15 is 0 Å². The van der Waals surface area contributed by atoms with Crippen LogP contribution in [-0.4, -0.2) is 31.1 Å². The Morgan fingerprint density at radius 1 is 1.57 bits per heavy atom. The van der Waals surface area contributed by atoms with Crippen molar-refractivity contribution in [3.8, 4) is 0 Å². The third-order valence-corrected chi connectivity index (χ3v) is 2.69. The molecule has 1 aliphatic rings.